The predicted molar refractivity (Wildman–Crippen MR) is 128 cm³/mol. The van der Waals surface area contributed by atoms with E-state index in [2.05, 4.69) is 15.6 Å². The third kappa shape index (κ3) is 4.46. The number of pyridine rings is 1. The Bertz CT molecular complexity index is 1290. The summed E-state index contributed by atoms with van der Waals surface area (Å²) in [6.45, 7) is 1.97. The van der Waals surface area contributed by atoms with Gasteiger partial charge >= 0.3 is 6.03 Å². The molecule has 154 valence electrons. The van der Waals surface area contributed by atoms with Gasteiger partial charge in [0.05, 0.1) is 0 Å². The van der Waals surface area contributed by atoms with Crippen LogP contribution in [0.2, 0.25) is 0 Å². The number of fused-ring (bicyclic) bond motifs is 1. The number of aromatic nitrogens is 1. The van der Waals surface area contributed by atoms with Crippen LogP contribution in [0.15, 0.2) is 66.2 Å². The molecule has 4 aromatic rings. The average molecular weight is 429 g/mol. The van der Waals surface area contributed by atoms with E-state index in [0.717, 1.165) is 44.3 Å². The SMILES string of the molecule is Cc1cccc(NC(=O)Nc2ccc(-c3csc4c(/C=C/C=O)cnc(N)c34)cc2)c1. The minimum absolute atomic E-state index is 0.306. The molecule has 4 rings (SSSR count). The summed E-state index contributed by atoms with van der Waals surface area (Å²) in [6, 6.07) is 14.8. The van der Waals surface area contributed by atoms with Crippen molar-refractivity contribution in [1.29, 1.82) is 0 Å². The summed E-state index contributed by atoms with van der Waals surface area (Å²) in [5, 5.41) is 8.54. The van der Waals surface area contributed by atoms with E-state index in [1.807, 2.05) is 60.8 Å². The van der Waals surface area contributed by atoms with Crippen molar-refractivity contribution in [3.05, 3.63) is 77.3 Å². The quantitative estimate of drug-likeness (QED) is 0.280. The van der Waals surface area contributed by atoms with E-state index < -0.39 is 0 Å². The summed E-state index contributed by atoms with van der Waals surface area (Å²) in [5.41, 5.74) is 11.4. The Kier molecular flexibility index (Phi) is 5.77. The third-order valence-corrected chi connectivity index (χ3v) is 5.77. The summed E-state index contributed by atoms with van der Waals surface area (Å²) in [5.74, 6) is 0.439. The number of nitrogens with zero attached hydrogens (tertiary/aromatic N) is 1. The van der Waals surface area contributed by atoms with Crippen molar-refractivity contribution in [3.8, 4) is 11.1 Å². The lowest BCUT2D eigenvalue weighted by Crippen LogP contribution is -2.19. The maximum Gasteiger partial charge on any atom is 0.323 e. The fraction of sp³-hybridized carbons (Fsp3) is 0.0417. The van der Waals surface area contributed by atoms with Crippen LogP contribution in [0.1, 0.15) is 11.1 Å². The zero-order chi connectivity index (χ0) is 21.8. The number of nitrogens with two attached hydrogens (primary N) is 1. The third-order valence-electron chi connectivity index (χ3n) is 4.74. The molecular weight excluding hydrogens is 408 g/mol. The van der Waals surface area contributed by atoms with Gasteiger partial charge < -0.3 is 16.4 Å². The number of nitrogen functional groups attached to an aromatic ring is 1. The number of hydrogen-bond acceptors (Lipinski definition) is 5. The van der Waals surface area contributed by atoms with E-state index >= 15 is 0 Å². The minimum atomic E-state index is -0.306. The highest BCUT2D eigenvalue weighted by Crippen LogP contribution is 2.39. The maximum absolute atomic E-state index is 12.3. The molecule has 0 aliphatic carbocycles. The molecule has 6 nitrogen and oxygen atoms in total. The van der Waals surface area contributed by atoms with Crippen LogP contribution in [-0.4, -0.2) is 17.3 Å². The van der Waals surface area contributed by atoms with Crippen molar-refractivity contribution in [2.24, 2.45) is 0 Å². The minimum Gasteiger partial charge on any atom is -0.383 e. The van der Waals surface area contributed by atoms with Gasteiger partial charge in [-0.05, 0) is 59.8 Å². The van der Waals surface area contributed by atoms with E-state index in [1.165, 1.54) is 6.08 Å². The maximum atomic E-state index is 12.3. The van der Waals surface area contributed by atoms with Crippen molar-refractivity contribution in [1.82, 2.24) is 4.98 Å². The van der Waals surface area contributed by atoms with Crippen LogP contribution in [0, 0.1) is 6.92 Å². The van der Waals surface area contributed by atoms with E-state index in [4.69, 9.17) is 5.73 Å². The fourth-order valence-electron chi connectivity index (χ4n) is 3.31. The summed E-state index contributed by atoms with van der Waals surface area (Å²) >= 11 is 1.55. The van der Waals surface area contributed by atoms with Gasteiger partial charge in [0.1, 0.15) is 12.1 Å². The number of thiophene rings is 1. The normalized spacial score (nSPS) is 11.0. The Labute approximate surface area is 183 Å². The van der Waals surface area contributed by atoms with Crippen LogP contribution in [-0.2, 0) is 4.79 Å². The number of amides is 2. The molecule has 0 radical (unpaired) electrons. The van der Waals surface area contributed by atoms with E-state index in [1.54, 1.807) is 23.6 Å². The highest BCUT2D eigenvalue weighted by molar-refractivity contribution is 7.18. The largest absolute Gasteiger partial charge is 0.383 e. The molecule has 0 atom stereocenters. The first-order valence-electron chi connectivity index (χ1n) is 9.58. The molecule has 31 heavy (non-hydrogen) atoms. The summed E-state index contributed by atoms with van der Waals surface area (Å²) in [4.78, 5) is 27.2. The lowest BCUT2D eigenvalue weighted by molar-refractivity contribution is -0.104. The first-order valence-corrected chi connectivity index (χ1v) is 10.5. The number of allylic oxidation sites excluding steroid dienone is 1. The molecule has 0 spiro atoms. The summed E-state index contributed by atoms with van der Waals surface area (Å²) < 4.78 is 0.973. The number of anilines is 3. The molecule has 0 unspecified atom stereocenters. The van der Waals surface area contributed by atoms with Gasteiger partial charge in [-0.25, -0.2) is 9.78 Å². The van der Waals surface area contributed by atoms with Gasteiger partial charge in [0, 0.05) is 38.8 Å². The van der Waals surface area contributed by atoms with Gasteiger partial charge in [-0.1, -0.05) is 24.3 Å². The number of aryl methyl sites for hydroxylation is 1. The smallest absolute Gasteiger partial charge is 0.323 e. The predicted octanol–water partition coefficient (Wildman–Crippen LogP) is 5.71. The zero-order valence-electron chi connectivity index (χ0n) is 16.8. The second-order valence-electron chi connectivity index (χ2n) is 6.97. The first kappa shape index (κ1) is 20.3. The molecule has 2 heterocycles. The monoisotopic (exact) mass is 428 g/mol. The van der Waals surface area contributed by atoms with E-state index in [9.17, 15) is 9.59 Å². The van der Waals surface area contributed by atoms with Crippen molar-refractivity contribution in [3.63, 3.8) is 0 Å². The van der Waals surface area contributed by atoms with Crippen molar-refractivity contribution in [2.75, 3.05) is 16.4 Å². The standard InChI is InChI=1S/C24H20N4O2S/c1-15-4-2-6-19(12-15)28-24(30)27-18-9-7-16(8-10-18)20-14-31-22-17(5-3-11-29)13-26-23(25)21(20)22/h2-14H,1H3,(H2,25,26)(H2,27,28,30)/b5-3+. The van der Waals surface area contributed by atoms with Gasteiger partial charge in [0.25, 0.3) is 0 Å². The molecule has 2 amide bonds. The van der Waals surface area contributed by atoms with Gasteiger partial charge in [0.15, 0.2) is 0 Å². The van der Waals surface area contributed by atoms with Crippen LogP contribution < -0.4 is 16.4 Å². The molecular formula is C24H20N4O2S. The van der Waals surface area contributed by atoms with Crippen molar-refractivity contribution in [2.45, 2.75) is 6.92 Å². The number of rotatable bonds is 5. The fourth-order valence-corrected chi connectivity index (χ4v) is 4.39. The van der Waals surface area contributed by atoms with Crippen LogP contribution in [0.3, 0.4) is 0 Å². The lowest BCUT2D eigenvalue weighted by Gasteiger charge is -2.09. The van der Waals surface area contributed by atoms with Crippen LogP contribution in [0.25, 0.3) is 27.3 Å². The molecule has 0 bridgehead atoms. The zero-order valence-corrected chi connectivity index (χ0v) is 17.6. The molecule has 2 aromatic carbocycles. The highest BCUT2D eigenvalue weighted by Gasteiger charge is 2.13. The molecule has 7 heteroatoms. The second-order valence-corrected chi connectivity index (χ2v) is 7.85. The number of hydrogen-bond donors (Lipinski definition) is 3. The average Bonchev–Trinajstić information content (AvgIpc) is 3.20. The van der Waals surface area contributed by atoms with E-state index in [0.29, 0.717) is 11.5 Å². The Morgan fingerprint density at radius 2 is 1.87 bits per heavy atom. The second kappa shape index (κ2) is 8.81. The van der Waals surface area contributed by atoms with Crippen molar-refractivity contribution < 1.29 is 9.59 Å². The number of aldehydes is 1. The van der Waals surface area contributed by atoms with Crippen LogP contribution in [0.4, 0.5) is 22.0 Å². The molecule has 0 fully saturated rings. The Morgan fingerprint density at radius 1 is 1.10 bits per heavy atom. The molecule has 0 saturated carbocycles. The summed E-state index contributed by atoms with van der Waals surface area (Å²) in [6.07, 6.45) is 5.56. The van der Waals surface area contributed by atoms with Crippen LogP contribution >= 0.6 is 11.3 Å². The van der Waals surface area contributed by atoms with Gasteiger partial charge in [-0.15, -0.1) is 11.3 Å². The van der Waals surface area contributed by atoms with Crippen molar-refractivity contribution >= 4 is 57.0 Å². The molecule has 0 aliphatic rings. The molecule has 4 N–H and O–H groups in total. The highest BCUT2D eigenvalue weighted by atomic mass is 32.1. The van der Waals surface area contributed by atoms with Gasteiger partial charge in [-0.3, -0.25) is 4.79 Å². The molecule has 0 aliphatic heterocycles. The Hall–Kier alpha value is -3.97. The molecule has 0 saturated heterocycles. The van der Waals surface area contributed by atoms with E-state index in [-0.39, 0.29) is 6.03 Å². The number of nitrogens with one attached hydrogen (secondary N) is 2. The lowest BCUT2D eigenvalue weighted by atomic mass is 10.0. The number of benzene rings is 2. The van der Waals surface area contributed by atoms with Gasteiger partial charge in [-0.2, -0.15) is 0 Å². The number of urea groups is 1. The number of carbonyl (C=O) groups is 2. The summed E-state index contributed by atoms with van der Waals surface area (Å²) in [7, 11) is 0. The Balaban J connectivity index is 1.55. The van der Waals surface area contributed by atoms with Crippen LogP contribution in [0.5, 0.6) is 0 Å². The molecule has 2 aromatic heterocycles. The topological polar surface area (TPSA) is 97.1 Å². The number of carbonyl (C=O) groups excluding carboxylic acids is 2. The Morgan fingerprint density at radius 3 is 2.61 bits per heavy atom. The first-order chi connectivity index (χ1) is 15.0. The van der Waals surface area contributed by atoms with Gasteiger partial charge in [0.2, 0.25) is 0 Å².